The van der Waals surface area contributed by atoms with Crippen LogP contribution in [0.5, 0.6) is 11.5 Å². The average molecular weight is 293 g/mol. The summed E-state index contributed by atoms with van der Waals surface area (Å²) in [6.45, 7) is 0.601. The molecule has 114 valence electrons. The van der Waals surface area contributed by atoms with Crippen LogP contribution in [0.15, 0.2) is 24.3 Å². The molecule has 6 heteroatoms. The molecule has 1 aromatic rings. The highest BCUT2D eigenvalue weighted by atomic mass is 16.5. The lowest BCUT2D eigenvalue weighted by atomic mass is 10.1. The number of carbonyl (C=O) groups excluding carboxylic acids is 1. The zero-order valence-corrected chi connectivity index (χ0v) is 12.2. The largest absolute Gasteiger partial charge is 0.493 e. The first-order chi connectivity index (χ1) is 10.0. The highest BCUT2D eigenvalue weighted by molar-refractivity contribution is 6.04. The fourth-order valence-electron chi connectivity index (χ4n) is 2.14. The van der Waals surface area contributed by atoms with Crippen LogP contribution in [-0.4, -0.2) is 49.2 Å². The Labute approximate surface area is 123 Å². The molecule has 21 heavy (non-hydrogen) atoms. The van der Waals surface area contributed by atoms with E-state index in [9.17, 15) is 9.59 Å². The van der Waals surface area contributed by atoms with Crippen molar-refractivity contribution in [1.29, 1.82) is 0 Å². The molecule has 1 aliphatic rings. The van der Waals surface area contributed by atoms with Crippen LogP contribution < -0.4 is 9.47 Å². The SMILES string of the molecule is COc1ccccc1OCCN(C)C(=O)C1(C(=O)O)CC1. The van der Waals surface area contributed by atoms with Gasteiger partial charge in [-0.15, -0.1) is 0 Å². The zero-order valence-electron chi connectivity index (χ0n) is 12.2. The molecule has 2 rings (SSSR count). The Morgan fingerprint density at radius 3 is 2.43 bits per heavy atom. The van der Waals surface area contributed by atoms with Crippen molar-refractivity contribution < 1.29 is 24.2 Å². The number of aliphatic carboxylic acids is 1. The minimum Gasteiger partial charge on any atom is -0.493 e. The third kappa shape index (κ3) is 3.09. The number of likely N-dealkylation sites (N-methyl/N-ethyl adjacent to an activating group) is 1. The van der Waals surface area contributed by atoms with Crippen LogP contribution in [0.1, 0.15) is 12.8 Å². The Hall–Kier alpha value is -2.24. The molecule has 0 aliphatic heterocycles. The Bertz CT molecular complexity index is 539. The number of methoxy groups -OCH3 is 1. The minimum absolute atomic E-state index is 0.276. The summed E-state index contributed by atoms with van der Waals surface area (Å²) in [6.07, 6.45) is 0.831. The molecule has 0 heterocycles. The highest BCUT2D eigenvalue weighted by Crippen LogP contribution is 2.47. The van der Waals surface area contributed by atoms with E-state index in [1.807, 2.05) is 12.1 Å². The molecule has 1 amide bonds. The van der Waals surface area contributed by atoms with E-state index in [1.165, 1.54) is 4.90 Å². The molecular weight excluding hydrogens is 274 g/mol. The van der Waals surface area contributed by atoms with Crippen LogP contribution in [0.4, 0.5) is 0 Å². The van der Waals surface area contributed by atoms with Crippen LogP contribution in [-0.2, 0) is 9.59 Å². The van der Waals surface area contributed by atoms with Gasteiger partial charge < -0.3 is 19.5 Å². The monoisotopic (exact) mass is 293 g/mol. The van der Waals surface area contributed by atoms with Gasteiger partial charge in [0, 0.05) is 7.05 Å². The number of hydrogen-bond acceptors (Lipinski definition) is 4. The van der Waals surface area contributed by atoms with Crippen molar-refractivity contribution in [3.8, 4) is 11.5 Å². The maximum atomic E-state index is 12.1. The third-order valence-electron chi connectivity index (χ3n) is 3.67. The second-order valence-corrected chi connectivity index (χ2v) is 5.11. The molecular formula is C15H19NO5. The minimum atomic E-state index is -1.20. The fraction of sp³-hybridized carbons (Fsp3) is 0.467. The van der Waals surface area contributed by atoms with Gasteiger partial charge in [-0.05, 0) is 25.0 Å². The number of para-hydroxylation sites is 2. The van der Waals surface area contributed by atoms with Gasteiger partial charge in [0.05, 0.1) is 13.7 Å². The summed E-state index contributed by atoms with van der Waals surface area (Å²) in [6, 6.07) is 7.23. The smallest absolute Gasteiger partial charge is 0.319 e. The number of nitrogens with zero attached hydrogens (tertiary/aromatic N) is 1. The van der Waals surface area contributed by atoms with E-state index in [0.29, 0.717) is 30.9 Å². The van der Waals surface area contributed by atoms with Gasteiger partial charge in [-0.3, -0.25) is 9.59 Å². The Kier molecular flexibility index (Phi) is 4.35. The number of carbonyl (C=O) groups is 2. The Morgan fingerprint density at radius 1 is 1.29 bits per heavy atom. The molecule has 0 aromatic heterocycles. The van der Waals surface area contributed by atoms with Crippen molar-refractivity contribution in [2.24, 2.45) is 5.41 Å². The maximum absolute atomic E-state index is 12.1. The molecule has 1 saturated carbocycles. The van der Waals surface area contributed by atoms with Gasteiger partial charge in [0.1, 0.15) is 12.0 Å². The van der Waals surface area contributed by atoms with Gasteiger partial charge in [-0.25, -0.2) is 0 Å². The maximum Gasteiger partial charge on any atom is 0.319 e. The topological polar surface area (TPSA) is 76.1 Å². The third-order valence-corrected chi connectivity index (χ3v) is 3.67. The van der Waals surface area contributed by atoms with Gasteiger partial charge in [0.15, 0.2) is 11.5 Å². The molecule has 0 saturated heterocycles. The van der Waals surface area contributed by atoms with E-state index in [-0.39, 0.29) is 12.5 Å². The average Bonchev–Trinajstić information content (AvgIpc) is 3.28. The summed E-state index contributed by atoms with van der Waals surface area (Å²) in [5, 5.41) is 9.10. The first kappa shape index (κ1) is 15.2. The summed E-state index contributed by atoms with van der Waals surface area (Å²) < 4.78 is 10.7. The summed E-state index contributed by atoms with van der Waals surface area (Å²) in [5.74, 6) is -0.167. The predicted octanol–water partition coefficient (Wildman–Crippen LogP) is 1.40. The molecule has 0 radical (unpaired) electrons. The van der Waals surface area contributed by atoms with E-state index in [4.69, 9.17) is 14.6 Å². The van der Waals surface area contributed by atoms with Crippen LogP contribution in [0.2, 0.25) is 0 Å². The van der Waals surface area contributed by atoms with Crippen LogP contribution >= 0.6 is 0 Å². The summed E-state index contributed by atoms with van der Waals surface area (Å²) in [5.41, 5.74) is -1.20. The number of amides is 1. The van der Waals surface area contributed by atoms with Crippen LogP contribution in [0, 0.1) is 5.41 Å². The van der Waals surface area contributed by atoms with E-state index < -0.39 is 11.4 Å². The van der Waals surface area contributed by atoms with Gasteiger partial charge in [0.2, 0.25) is 5.91 Å². The molecule has 1 aliphatic carbocycles. The van der Waals surface area contributed by atoms with Crippen molar-refractivity contribution in [3.63, 3.8) is 0 Å². The molecule has 0 spiro atoms. The van der Waals surface area contributed by atoms with E-state index in [1.54, 1.807) is 26.3 Å². The number of carboxylic acid groups (broad SMARTS) is 1. The van der Waals surface area contributed by atoms with Crippen molar-refractivity contribution in [3.05, 3.63) is 24.3 Å². The molecule has 0 atom stereocenters. The fourth-order valence-corrected chi connectivity index (χ4v) is 2.14. The molecule has 1 aromatic carbocycles. The summed E-state index contributed by atoms with van der Waals surface area (Å²) >= 11 is 0. The van der Waals surface area contributed by atoms with Crippen LogP contribution in [0.3, 0.4) is 0 Å². The standard InChI is InChI=1S/C15H19NO5/c1-16(13(17)15(7-8-15)14(18)19)9-10-21-12-6-4-3-5-11(12)20-2/h3-6H,7-10H2,1-2H3,(H,18,19). The molecule has 1 N–H and O–H groups in total. The quantitative estimate of drug-likeness (QED) is 0.769. The van der Waals surface area contributed by atoms with Gasteiger partial charge in [-0.2, -0.15) is 0 Å². The molecule has 1 fully saturated rings. The first-order valence-corrected chi connectivity index (χ1v) is 6.76. The Morgan fingerprint density at radius 2 is 1.90 bits per heavy atom. The predicted molar refractivity (Wildman–Crippen MR) is 75.4 cm³/mol. The number of carboxylic acids is 1. The zero-order chi connectivity index (χ0) is 15.5. The van der Waals surface area contributed by atoms with E-state index in [2.05, 4.69) is 0 Å². The lowest BCUT2D eigenvalue weighted by molar-refractivity contribution is -0.153. The lowest BCUT2D eigenvalue weighted by Gasteiger charge is -2.21. The van der Waals surface area contributed by atoms with Gasteiger partial charge in [-0.1, -0.05) is 12.1 Å². The molecule has 0 unspecified atom stereocenters. The van der Waals surface area contributed by atoms with Gasteiger partial charge in [0.25, 0.3) is 0 Å². The highest BCUT2D eigenvalue weighted by Gasteiger charge is 2.58. The van der Waals surface area contributed by atoms with Crippen molar-refractivity contribution in [2.45, 2.75) is 12.8 Å². The van der Waals surface area contributed by atoms with Gasteiger partial charge >= 0.3 is 5.97 Å². The summed E-state index contributed by atoms with van der Waals surface area (Å²) in [7, 11) is 3.15. The molecule has 0 bridgehead atoms. The second kappa shape index (κ2) is 6.03. The molecule has 6 nitrogen and oxygen atoms in total. The number of ether oxygens (including phenoxy) is 2. The lowest BCUT2D eigenvalue weighted by Crippen LogP contribution is -2.40. The number of rotatable bonds is 7. The normalized spacial score (nSPS) is 15.1. The van der Waals surface area contributed by atoms with Crippen LogP contribution in [0.25, 0.3) is 0 Å². The Balaban J connectivity index is 1.86. The summed E-state index contributed by atoms with van der Waals surface area (Å²) in [4.78, 5) is 24.6. The second-order valence-electron chi connectivity index (χ2n) is 5.11. The number of benzene rings is 1. The van der Waals surface area contributed by atoms with Crippen molar-refractivity contribution in [1.82, 2.24) is 4.90 Å². The van der Waals surface area contributed by atoms with Crippen molar-refractivity contribution in [2.75, 3.05) is 27.3 Å². The van der Waals surface area contributed by atoms with E-state index >= 15 is 0 Å². The van der Waals surface area contributed by atoms with Crippen molar-refractivity contribution >= 4 is 11.9 Å². The van der Waals surface area contributed by atoms with E-state index in [0.717, 1.165) is 0 Å². The first-order valence-electron chi connectivity index (χ1n) is 6.76. The number of hydrogen-bond donors (Lipinski definition) is 1.